The van der Waals surface area contributed by atoms with Gasteiger partial charge in [-0.15, -0.1) is 0 Å². The first-order valence-corrected chi connectivity index (χ1v) is 8.53. The molecule has 1 atom stereocenters. The van der Waals surface area contributed by atoms with Crippen LogP contribution in [-0.2, 0) is 16.6 Å². The van der Waals surface area contributed by atoms with Crippen molar-refractivity contribution in [2.45, 2.75) is 30.8 Å². The van der Waals surface area contributed by atoms with E-state index in [0.29, 0.717) is 19.6 Å². The maximum absolute atomic E-state index is 13.5. The summed E-state index contributed by atoms with van der Waals surface area (Å²) in [7, 11) is -1.59. The van der Waals surface area contributed by atoms with Crippen LogP contribution in [0, 0.1) is 5.82 Å². The molecule has 0 aliphatic carbocycles. The lowest BCUT2D eigenvalue weighted by Crippen LogP contribution is -2.52. The molecule has 1 saturated heterocycles. The molecule has 1 unspecified atom stereocenters. The highest BCUT2D eigenvalue weighted by Crippen LogP contribution is 2.22. The quantitative estimate of drug-likeness (QED) is 0.900. The van der Waals surface area contributed by atoms with Gasteiger partial charge in [-0.1, -0.05) is 6.92 Å². The van der Waals surface area contributed by atoms with Crippen LogP contribution < -0.4 is 5.73 Å². The largest absolute Gasteiger partial charge is 0.326 e. The van der Waals surface area contributed by atoms with Crippen molar-refractivity contribution in [3.05, 3.63) is 29.6 Å². The van der Waals surface area contributed by atoms with Gasteiger partial charge in [0.05, 0.1) is 4.90 Å². The summed E-state index contributed by atoms with van der Waals surface area (Å²) in [5.41, 5.74) is 5.67. The molecule has 1 aromatic carbocycles. The normalized spacial score (nSPS) is 21.6. The summed E-state index contributed by atoms with van der Waals surface area (Å²) in [6.45, 7) is 3.63. The van der Waals surface area contributed by atoms with Crippen LogP contribution in [0.15, 0.2) is 23.1 Å². The number of hydrogen-bond acceptors (Lipinski definition) is 4. The second-order valence-electron chi connectivity index (χ2n) is 5.36. The minimum atomic E-state index is -3.59. The van der Waals surface area contributed by atoms with E-state index in [0.717, 1.165) is 6.42 Å². The molecule has 1 heterocycles. The number of piperazine rings is 1. The Morgan fingerprint density at radius 3 is 2.71 bits per heavy atom. The third-order valence-electron chi connectivity index (χ3n) is 4.09. The Balaban J connectivity index is 2.30. The van der Waals surface area contributed by atoms with Crippen LogP contribution in [0.4, 0.5) is 4.39 Å². The zero-order chi connectivity index (χ0) is 15.6. The number of likely N-dealkylation sites (N-methyl/N-ethyl adjacent to an activating group) is 1. The van der Waals surface area contributed by atoms with Crippen molar-refractivity contribution in [1.29, 1.82) is 0 Å². The molecule has 1 aromatic rings. The van der Waals surface area contributed by atoms with E-state index in [2.05, 4.69) is 4.90 Å². The van der Waals surface area contributed by atoms with Crippen molar-refractivity contribution < 1.29 is 12.8 Å². The SMILES string of the molecule is CCC1CN(S(=O)(=O)c2ccc(F)c(CN)c2)CCN1C. The van der Waals surface area contributed by atoms with E-state index in [4.69, 9.17) is 5.73 Å². The number of rotatable bonds is 4. The summed E-state index contributed by atoms with van der Waals surface area (Å²) in [5.74, 6) is -0.471. The van der Waals surface area contributed by atoms with Crippen LogP contribution in [-0.4, -0.2) is 50.3 Å². The highest BCUT2D eigenvalue weighted by Gasteiger charge is 2.32. The smallest absolute Gasteiger partial charge is 0.243 e. The van der Waals surface area contributed by atoms with Gasteiger partial charge in [-0.05, 0) is 31.7 Å². The Morgan fingerprint density at radius 1 is 1.38 bits per heavy atom. The van der Waals surface area contributed by atoms with Crippen LogP contribution in [0.2, 0.25) is 0 Å². The van der Waals surface area contributed by atoms with Gasteiger partial charge in [-0.2, -0.15) is 4.31 Å². The fraction of sp³-hybridized carbons (Fsp3) is 0.571. The molecule has 0 saturated carbocycles. The van der Waals surface area contributed by atoms with Crippen LogP contribution >= 0.6 is 0 Å². The van der Waals surface area contributed by atoms with Gasteiger partial charge in [0, 0.05) is 37.8 Å². The van der Waals surface area contributed by atoms with Gasteiger partial charge in [-0.3, -0.25) is 0 Å². The molecule has 2 rings (SSSR count). The number of halogens is 1. The summed E-state index contributed by atoms with van der Waals surface area (Å²) in [5, 5.41) is 0. The van der Waals surface area contributed by atoms with Gasteiger partial charge in [0.15, 0.2) is 0 Å². The van der Waals surface area contributed by atoms with E-state index in [1.165, 1.54) is 22.5 Å². The maximum atomic E-state index is 13.5. The highest BCUT2D eigenvalue weighted by atomic mass is 32.2. The van der Waals surface area contributed by atoms with Crippen LogP contribution in [0.25, 0.3) is 0 Å². The molecule has 7 heteroatoms. The predicted molar refractivity (Wildman–Crippen MR) is 79.8 cm³/mol. The summed E-state index contributed by atoms with van der Waals surface area (Å²) in [6.07, 6.45) is 0.889. The number of sulfonamides is 1. The van der Waals surface area contributed by atoms with Crippen molar-refractivity contribution in [3.8, 4) is 0 Å². The molecule has 2 N–H and O–H groups in total. The molecule has 21 heavy (non-hydrogen) atoms. The molecule has 118 valence electrons. The fourth-order valence-corrected chi connectivity index (χ4v) is 4.11. The molecule has 0 radical (unpaired) electrons. The molecule has 0 aromatic heterocycles. The van der Waals surface area contributed by atoms with Crippen molar-refractivity contribution >= 4 is 10.0 Å². The molecule has 1 aliphatic rings. The van der Waals surface area contributed by atoms with E-state index in [1.807, 2.05) is 14.0 Å². The number of nitrogens with zero attached hydrogens (tertiary/aromatic N) is 2. The lowest BCUT2D eigenvalue weighted by molar-refractivity contribution is 0.144. The Hall–Kier alpha value is -1.02. The summed E-state index contributed by atoms with van der Waals surface area (Å²) >= 11 is 0. The summed E-state index contributed by atoms with van der Waals surface area (Å²) in [4.78, 5) is 2.28. The van der Waals surface area contributed by atoms with Gasteiger partial charge in [0.2, 0.25) is 10.0 Å². The van der Waals surface area contributed by atoms with Gasteiger partial charge in [0.25, 0.3) is 0 Å². The Kier molecular flexibility index (Phi) is 4.98. The maximum Gasteiger partial charge on any atom is 0.243 e. The molecule has 0 amide bonds. The summed E-state index contributed by atoms with van der Waals surface area (Å²) in [6, 6.07) is 4.03. The zero-order valence-electron chi connectivity index (χ0n) is 12.4. The van der Waals surface area contributed by atoms with Crippen LogP contribution in [0.1, 0.15) is 18.9 Å². The van der Waals surface area contributed by atoms with Crippen LogP contribution in [0.3, 0.4) is 0 Å². The fourth-order valence-electron chi connectivity index (χ4n) is 2.59. The third kappa shape index (κ3) is 3.26. The van der Waals surface area contributed by atoms with Crippen LogP contribution in [0.5, 0.6) is 0 Å². The lowest BCUT2D eigenvalue weighted by Gasteiger charge is -2.38. The van der Waals surface area contributed by atoms with Gasteiger partial charge >= 0.3 is 0 Å². The first-order valence-electron chi connectivity index (χ1n) is 7.09. The first kappa shape index (κ1) is 16.4. The third-order valence-corrected chi connectivity index (χ3v) is 5.95. The predicted octanol–water partition coefficient (Wildman–Crippen LogP) is 0.999. The minimum Gasteiger partial charge on any atom is -0.326 e. The van der Waals surface area contributed by atoms with Gasteiger partial charge in [0.1, 0.15) is 5.82 Å². The van der Waals surface area contributed by atoms with Crippen molar-refractivity contribution in [1.82, 2.24) is 9.21 Å². The molecule has 1 aliphatic heterocycles. The summed E-state index contributed by atoms with van der Waals surface area (Å²) < 4.78 is 40.3. The van der Waals surface area contributed by atoms with E-state index >= 15 is 0 Å². The molecule has 0 spiro atoms. The van der Waals surface area contributed by atoms with Crippen molar-refractivity contribution in [2.75, 3.05) is 26.7 Å². The minimum absolute atomic E-state index is 0.0183. The van der Waals surface area contributed by atoms with E-state index in [9.17, 15) is 12.8 Å². The zero-order valence-corrected chi connectivity index (χ0v) is 13.2. The number of nitrogens with two attached hydrogens (primary N) is 1. The van der Waals surface area contributed by atoms with Crippen molar-refractivity contribution in [2.24, 2.45) is 5.73 Å². The number of hydrogen-bond donors (Lipinski definition) is 1. The second kappa shape index (κ2) is 6.39. The Bertz CT molecular complexity index is 606. The van der Waals surface area contributed by atoms with E-state index in [-0.39, 0.29) is 23.0 Å². The average Bonchev–Trinajstić information content (AvgIpc) is 2.47. The molecular weight excluding hydrogens is 293 g/mol. The lowest BCUT2D eigenvalue weighted by atomic mass is 10.1. The number of benzene rings is 1. The molecular formula is C14H22FN3O2S. The molecule has 0 bridgehead atoms. The Morgan fingerprint density at radius 2 is 2.10 bits per heavy atom. The van der Waals surface area contributed by atoms with E-state index in [1.54, 1.807) is 0 Å². The van der Waals surface area contributed by atoms with Gasteiger partial charge in [-0.25, -0.2) is 12.8 Å². The topological polar surface area (TPSA) is 66.6 Å². The monoisotopic (exact) mass is 315 g/mol. The second-order valence-corrected chi connectivity index (χ2v) is 7.30. The average molecular weight is 315 g/mol. The first-order chi connectivity index (χ1) is 9.90. The molecule has 1 fully saturated rings. The van der Waals surface area contributed by atoms with E-state index < -0.39 is 15.8 Å². The molecule has 5 nitrogen and oxygen atoms in total. The van der Waals surface area contributed by atoms with Gasteiger partial charge < -0.3 is 10.6 Å². The van der Waals surface area contributed by atoms with Crippen molar-refractivity contribution in [3.63, 3.8) is 0 Å². The standard InChI is InChI=1S/C14H22FN3O2S/c1-3-12-10-18(7-6-17(12)2)21(19,20)13-4-5-14(15)11(8-13)9-16/h4-5,8,12H,3,6-7,9-10,16H2,1-2H3. The Labute approximate surface area is 125 Å². The highest BCUT2D eigenvalue weighted by molar-refractivity contribution is 7.89.